The van der Waals surface area contributed by atoms with Crippen LogP contribution in [0.2, 0.25) is 0 Å². The van der Waals surface area contributed by atoms with Gasteiger partial charge in [0.05, 0.1) is 5.52 Å². The molecule has 0 unspecified atom stereocenters. The van der Waals surface area contributed by atoms with Gasteiger partial charge in [-0.05, 0) is 75.3 Å². The van der Waals surface area contributed by atoms with Gasteiger partial charge in [0, 0.05) is 18.8 Å². The monoisotopic (exact) mass is 331 g/mol. The van der Waals surface area contributed by atoms with E-state index in [0.717, 1.165) is 43.4 Å². The molecular weight excluding hydrogens is 305 g/mol. The molecule has 1 N–H and O–H groups in total. The second-order valence-corrected chi connectivity index (χ2v) is 7.02. The topological polar surface area (TPSA) is 37.3 Å². The summed E-state index contributed by atoms with van der Waals surface area (Å²) < 4.78 is 15.2. The molecule has 0 spiro atoms. The standard InChI is InChI=1S/C19H26FN3O/c1-14(2)22-8-5-15(6-9-22)12-21-19(24)13-23-10-7-16-3-4-17(20)11-18(16)23/h3-4,7,10-11,14-15H,5-6,8-9,12-13H2,1-2H3,(H,21,24). The van der Waals surface area contributed by atoms with Gasteiger partial charge in [-0.15, -0.1) is 0 Å². The third kappa shape index (κ3) is 3.96. The van der Waals surface area contributed by atoms with Gasteiger partial charge in [0.2, 0.25) is 5.91 Å². The molecule has 24 heavy (non-hydrogen) atoms. The molecule has 130 valence electrons. The van der Waals surface area contributed by atoms with Crippen LogP contribution in [-0.4, -0.2) is 41.1 Å². The number of amides is 1. The highest BCUT2D eigenvalue weighted by atomic mass is 19.1. The molecule has 0 saturated carbocycles. The van der Waals surface area contributed by atoms with Gasteiger partial charge in [-0.1, -0.05) is 0 Å². The van der Waals surface area contributed by atoms with Crippen molar-refractivity contribution in [3.8, 4) is 0 Å². The summed E-state index contributed by atoms with van der Waals surface area (Å²) in [6.07, 6.45) is 4.11. The number of carbonyl (C=O) groups is 1. The van der Waals surface area contributed by atoms with Crippen LogP contribution >= 0.6 is 0 Å². The Morgan fingerprint density at radius 1 is 1.29 bits per heavy atom. The van der Waals surface area contributed by atoms with Crippen LogP contribution in [0.15, 0.2) is 30.5 Å². The van der Waals surface area contributed by atoms with E-state index < -0.39 is 0 Å². The molecule has 5 heteroatoms. The number of benzene rings is 1. The summed E-state index contributed by atoms with van der Waals surface area (Å²) in [5, 5.41) is 3.99. The first kappa shape index (κ1) is 17.0. The number of nitrogens with zero attached hydrogens (tertiary/aromatic N) is 2. The molecule has 2 heterocycles. The molecule has 1 fully saturated rings. The Kier molecular flexibility index (Phi) is 5.19. The first-order valence-electron chi connectivity index (χ1n) is 8.78. The highest BCUT2D eigenvalue weighted by Crippen LogP contribution is 2.19. The summed E-state index contributed by atoms with van der Waals surface area (Å²) in [6, 6.07) is 7.16. The van der Waals surface area contributed by atoms with Crippen molar-refractivity contribution in [1.82, 2.24) is 14.8 Å². The van der Waals surface area contributed by atoms with Crippen molar-refractivity contribution in [3.05, 3.63) is 36.3 Å². The minimum atomic E-state index is -0.278. The minimum Gasteiger partial charge on any atom is -0.354 e. The first-order chi connectivity index (χ1) is 11.5. The van der Waals surface area contributed by atoms with Crippen LogP contribution in [0.4, 0.5) is 4.39 Å². The Morgan fingerprint density at radius 3 is 2.75 bits per heavy atom. The third-order valence-corrected chi connectivity index (χ3v) is 5.02. The van der Waals surface area contributed by atoms with Gasteiger partial charge in [0.15, 0.2) is 0 Å². The van der Waals surface area contributed by atoms with Crippen molar-refractivity contribution in [2.75, 3.05) is 19.6 Å². The van der Waals surface area contributed by atoms with Gasteiger partial charge < -0.3 is 14.8 Å². The van der Waals surface area contributed by atoms with Crippen LogP contribution in [0.25, 0.3) is 10.9 Å². The van der Waals surface area contributed by atoms with Gasteiger partial charge in [-0.2, -0.15) is 0 Å². The quantitative estimate of drug-likeness (QED) is 0.914. The largest absolute Gasteiger partial charge is 0.354 e. The zero-order valence-electron chi connectivity index (χ0n) is 14.5. The summed E-state index contributed by atoms with van der Waals surface area (Å²) in [6.45, 7) is 7.65. The number of hydrogen-bond donors (Lipinski definition) is 1. The smallest absolute Gasteiger partial charge is 0.239 e. The van der Waals surface area contributed by atoms with Crippen LogP contribution < -0.4 is 5.32 Å². The van der Waals surface area contributed by atoms with Gasteiger partial charge in [-0.25, -0.2) is 4.39 Å². The fourth-order valence-corrected chi connectivity index (χ4v) is 3.44. The van der Waals surface area contributed by atoms with Crippen LogP contribution in [0.1, 0.15) is 26.7 Å². The van der Waals surface area contributed by atoms with E-state index in [2.05, 4.69) is 24.1 Å². The molecule has 1 aliphatic rings. The Morgan fingerprint density at radius 2 is 2.04 bits per heavy atom. The summed E-state index contributed by atoms with van der Waals surface area (Å²) >= 11 is 0. The lowest BCUT2D eigenvalue weighted by molar-refractivity contribution is -0.121. The molecule has 3 rings (SSSR count). The summed E-state index contributed by atoms with van der Waals surface area (Å²) in [4.78, 5) is 14.7. The molecule has 0 atom stereocenters. The number of carbonyl (C=O) groups excluding carboxylic acids is 1. The van der Waals surface area contributed by atoms with Crippen LogP contribution in [-0.2, 0) is 11.3 Å². The first-order valence-corrected chi connectivity index (χ1v) is 8.78. The van der Waals surface area contributed by atoms with Gasteiger partial charge in [0.1, 0.15) is 12.4 Å². The average Bonchev–Trinajstić information content (AvgIpc) is 2.95. The lowest BCUT2D eigenvalue weighted by Crippen LogP contribution is -2.42. The predicted octanol–water partition coefficient (Wildman–Crippen LogP) is 3.02. The molecule has 1 aromatic carbocycles. The number of halogens is 1. The fourth-order valence-electron chi connectivity index (χ4n) is 3.44. The van der Waals surface area contributed by atoms with Gasteiger partial charge in [0.25, 0.3) is 0 Å². The number of hydrogen-bond acceptors (Lipinski definition) is 2. The highest BCUT2D eigenvalue weighted by Gasteiger charge is 2.21. The fraction of sp³-hybridized carbons (Fsp3) is 0.526. The number of fused-ring (bicyclic) bond motifs is 1. The molecule has 0 radical (unpaired) electrons. The average molecular weight is 331 g/mol. The van der Waals surface area contributed by atoms with Crippen molar-refractivity contribution >= 4 is 16.8 Å². The Hall–Kier alpha value is -1.88. The Bertz CT molecular complexity index is 702. The Balaban J connectivity index is 1.50. The maximum atomic E-state index is 13.4. The van der Waals surface area contributed by atoms with E-state index in [1.165, 1.54) is 12.1 Å². The van der Waals surface area contributed by atoms with E-state index in [1.807, 2.05) is 12.3 Å². The normalized spacial score (nSPS) is 16.8. The molecule has 1 aromatic heterocycles. The van der Waals surface area contributed by atoms with Gasteiger partial charge in [-0.3, -0.25) is 4.79 Å². The number of likely N-dealkylation sites (tertiary alicyclic amines) is 1. The molecule has 0 aliphatic carbocycles. The molecule has 1 amide bonds. The zero-order chi connectivity index (χ0) is 17.1. The second kappa shape index (κ2) is 7.34. The lowest BCUT2D eigenvalue weighted by atomic mass is 9.96. The molecule has 1 saturated heterocycles. The van der Waals surface area contributed by atoms with Gasteiger partial charge >= 0.3 is 0 Å². The SMILES string of the molecule is CC(C)N1CCC(CNC(=O)Cn2ccc3ccc(F)cc32)CC1. The molecule has 4 nitrogen and oxygen atoms in total. The number of piperidine rings is 1. The molecular formula is C19H26FN3O. The highest BCUT2D eigenvalue weighted by molar-refractivity contribution is 5.83. The minimum absolute atomic E-state index is 0.0111. The van der Waals surface area contributed by atoms with Crippen molar-refractivity contribution in [2.24, 2.45) is 5.92 Å². The molecule has 2 aromatic rings. The zero-order valence-corrected chi connectivity index (χ0v) is 14.5. The predicted molar refractivity (Wildman–Crippen MR) is 94.3 cm³/mol. The molecule has 1 aliphatic heterocycles. The van der Waals surface area contributed by atoms with E-state index in [4.69, 9.17) is 0 Å². The van der Waals surface area contributed by atoms with Crippen LogP contribution in [0.5, 0.6) is 0 Å². The van der Waals surface area contributed by atoms with Crippen LogP contribution in [0.3, 0.4) is 0 Å². The number of rotatable bonds is 5. The molecule has 0 bridgehead atoms. The van der Waals surface area contributed by atoms with E-state index >= 15 is 0 Å². The second-order valence-electron chi connectivity index (χ2n) is 7.02. The van der Waals surface area contributed by atoms with E-state index in [0.29, 0.717) is 12.0 Å². The number of nitrogens with one attached hydrogen (secondary N) is 1. The third-order valence-electron chi connectivity index (χ3n) is 5.02. The maximum absolute atomic E-state index is 13.4. The lowest BCUT2D eigenvalue weighted by Gasteiger charge is -2.34. The summed E-state index contributed by atoms with van der Waals surface area (Å²) in [5.41, 5.74) is 0.760. The van der Waals surface area contributed by atoms with Crippen molar-refractivity contribution in [3.63, 3.8) is 0 Å². The van der Waals surface area contributed by atoms with Crippen molar-refractivity contribution < 1.29 is 9.18 Å². The van der Waals surface area contributed by atoms with Crippen LogP contribution in [0, 0.1) is 11.7 Å². The van der Waals surface area contributed by atoms with Crippen molar-refractivity contribution in [2.45, 2.75) is 39.3 Å². The number of aromatic nitrogens is 1. The van der Waals surface area contributed by atoms with E-state index in [-0.39, 0.29) is 18.3 Å². The Labute approximate surface area is 142 Å². The maximum Gasteiger partial charge on any atom is 0.239 e. The van der Waals surface area contributed by atoms with Crippen molar-refractivity contribution in [1.29, 1.82) is 0 Å². The summed E-state index contributed by atoms with van der Waals surface area (Å²) in [5.74, 6) is 0.269. The van der Waals surface area contributed by atoms with E-state index in [9.17, 15) is 9.18 Å². The van der Waals surface area contributed by atoms with E-state index in [1.54, 1.807) is 10.6 Å². The summed E-state index contributed by atoms with van der Waals surface area (Å²) in [7, 11) is 0.